The number of amides is 1. The average molecular weight is 331 g/mol. The lowest BCUT2D eigenvalue weighted by Crippen LogP contribution is -2.43. The van der Waals surface area contributed by atoms with Crippen LogP contribution in [0.15, 0.2) is 28.8 Å². The van der Waals surface area contributed by atoms with Crippen LogP contribution in [-0.4, -0.2) is 47.3 Å². The molecule has 0 aliphatic carbocycles. The van der Waals surface area contributed by atoms with Crippen molar-refractivity contribution in [2.75, 3.05) is 20.2 Å². The van der Waals surface area contributed by atoms with Crippen LogP contribution in [-0.2, 0) is 11.3 Å². The number of rotatable bonds is 5. The molecule has 1 atom stereocenters. The smallest absolute Gasteiger partial charge is 0.254 e. The maximum absolute atomic E-state index is 12.7. The summed E-state index contributed by atoms with van der Waals surface area (Å²) in [6, 6.07) is 7.21. The van der Waals surface area contributed by atoms with Crippen molar-refractivity contribution in [2.24, 2.45) is 0 Å². The van der Waals surface area contributed by atoms with E-state index in [0.29, 0.717) is 29.6 Å². The normalized spacial score (nSPS) is 17.8. The summed E-state index contributed by atoms with van der Waals surface area (Å²) in [4.78, 5) is 18.6. The lowest BCUT2D eigenvalue weighted by molar-refractivity contribution is -0.0153. The third-order valence-electron chi connectivity index (χ3n) is 3.99. The number of hydrogen-bond acceptors (Lipinski definition) is 6. The van der Waals surface area contributed by atoms with Gasteiger partial charge in [-0.05, 0) is 38.0 Å². The molecule has 3 rings (SSSR count). The summed E-state index contributed by atoms with van der Waals surface area (Å²) in [7, 11) is 1.59. The van der Waals surface area contributed by atoms with Crippen LogP contribution in [0.3, 0.4) is 0 Å². The Kier molecular flexibility index (Phi) is 5.10. The fraction of sp³-hybridized carbons (Fsp3) is 0.471. The van der Waals surface area contributed by atoms with Gasteiger partial charge in [-0.25, -0.2) is 0 Å². The molecule has 0 saturated carbocycles. The summed E-state index contributed by atoms with van der Waals surface area (Å²) in [5.74, 6) is 1.73. The first kappa shape index (κ1) is 16.4. The van der Waals surface area contributed by atoms with Crippen LogP contribution < -0.4 is 4.74 Å². The number of ether oxygens (including phenoxy) is 2. The fourth-order valence-corrected chi connectivity index (χ4v) is 2.79. The number of likely N-dealkylation sites (tertiary alicyclic amines) is 1. The Bertz CT molecular complexity index is 701. The highest BCUT2D eigenvalue weighted by Gasteiger charge is 2.25. The molecule has 128 valence electrons. The van der Waals surface area contributed by atoms with Gasteiger partial charge in [0.25, 0.3) is 11.8 Å². The minimum absolute atomic E-state index is 0.00386. The zero-order valence-corrected chi connectivity index (χ0v) is 13.9. The number of hydrogen-bond donors (Lipinski definition) is 0. The third kappa shape index (κ3) is 3.91. The molecule has 0 N–H and O–H groups in total. The number of methoxy groups -OCH3 is 1. The van der Waals surface area contributed by atoms with Gasteiger partial charge in [-0.2, -0.15) is 4.98 Å². The molecule has 24 heavy (non-hydrogen) atoms. The third-order valence-corrected chi connectivity index (χ3v) is 3.99. The van der Waals surface area contributed by atoms with Crippen LogP contribution in [0.2, 0.25) is 0 Å². The second-order valence-corrected chi connectivity index (χ2v) is 5.79. The summed E-state index contributed by atoms with van der Waals surface area (Å²) in [6.07, 6.45) is 1.79. The Morgan fingerprint density at radius 3 is 3.08 bits per heavy atom. The lowest BCUT2D eigenvalue weighted by Gasteiger charge is -2.32. The highest BCUT2D eigenvalue weighted by molar-refractivity contribution is 5.94. The largest absolute Gasteiger partial charge is 0.497 e. The molecule has 0 unspecified atom stereocenters. The van der Waals surface area contributed by atoms with Crippen LogP contribution in [0.5, 0.6) is 5.75 Å². The van der Waals surface area contributed by atoms with Gasteiger partial charge >= 0.3 is 0 Å². The zero-order valence-electron chi connectivity index (χ0n) is 13.9. The van der Waals surface area contributed by atoms with Crippen molar-refractivity contribution in [1.29, 1.82) is 0 Å². The first-order valence-corrected chi connectivity index (χ1v) is 8.00. The topological polar surface area (TPSA) is 77.7 Å². The first-order chi connectivity index (χ1) is 11.7. The first-order valence-electron chi connectivity index (χ1n) is 8.00. The van der Waals surface area contributed by atoms with E-state index in [0.717, 1.165) is 19.4 Å². The van der Waals surface area contributed by atoms with Gasteiger partial charge in [0, 0.05) is 18.7 Å². The summed E-state index contributed by atoms with van der Waals surface area (Å²) in [5, 5.41) is 3.74. The zero-order chi connectivity index (χ0) is 16.9. The molecule has 2 aromatic rings. The van der Waals surface area contributed by atoms with E-state index in [9.17, 15) is 4.79 Å². The van der Waals surface area contributed by atoms with Crippen molar-refractivity contribution in [3.63, 3.8) is 0 Å². The van der Waals surface area contributed by atoms with Gasteiger partial charge in [-0.3, -0.25) is 4.79 Å². The minimum atomic E-state index is -0.0273. The van der Waals surface area contributed by atoms with Crippen molar-refractivity contribution < 1.29 is 18.8 Å². The van der Waals surface area contributed by atoms with Crippen LogP contribution >= 0.6 is 0 Å². The number of aryl methyl sites for hydroxylation is 1. The van der Waals surface area contributed by atoms with Crippen molar-refractivity contribution in [1.82, 2.24) is 15.0 Å². The SMILES string of the molecule is COc1cccc(C(=O)N2CCC[C@@H](OCc3nc(C)no3)C2)c1. The van der Waals surface area contributed by atoms with Crippen LogP contribution in [0.25, 0.3) is 0 Å². The highest BCUT2D eigenvalue weighted by Crippen LogP contribution is 2.19. The summed E-state index contributed by atoms with van der Waals surface area (Å²) < 4.78 is 16.1. The van der Waals surface area contributed by atoms with Crippen molar-refractivity contribution in [3.8, 4) is 5.75 Å². The molecule has 7 heteroatoms. The van der Waals surface area contributed by atoms with Crippen LogP contribution in [0.1, 0.15) is 34.9 Å². The van der Waals surface area contributed by atoms with Gasteiger partial charge in [0.2, 0.25) is 0 Å². The van der Waals surface area contributed by atoms with Crippen LogP contribution in [0, 0.1) is 6.92 Å². The molecule has 1 aliphatic heterocycles. The molecule has 1 fully saturated rings. The number of carbonyl (C=O) groups excluding carboxylic acids is 1. The second-order valence-electron chi connectivity index (χ2n) is 5.79. The Hall–Kier alpha value is -2.41. The number of benzene rings is 1. The molecule has 2 heterocycles. The number of aromatic nitrogens is 2. The summed E-state index contributed by atoms with van der Waals surface area (Å²) >= 11 is 0. The van der Waals surface area contributed by atoms with E-state index in [-0.39, 0.29) is 18.6 Å². The van der Waals surface area contributed by atoms with Crippen molar-refractivity contribution in [2.45, 2.75) is 32.5 Å². The molecule has 0 spiro atoms. The van der Waals surface area contributed by atoms with Gasteiger partial charge in [0.15, 0.2) is 5.82 Å². The predicted molar refractivity (Wildman–Crippen MR) is 85.7 cm³/mol. The molecule has 1 saturated heterocycles. The van der Waals surface area contributed by atoms with Gasteiger partial charge in [0.05, 0.1) is 13.2 Å². The van der Waals surface area contributed by atoms with E-state index < -0.39 is 0 Å². The molecule has 0 bridgehead atoms. The van der Waals surface area contributed by atoms with Crippen LogP contribution in [0.4, 0.5) is 0 Å². The van der Waals surface area contributed by atoms with E-state index >= 15 is 0 Å². The Balaban J connectivity index is 1.59. The highest BCUT2D eigenvalue weighted by atomic mass is 16.5. The van der Waals surface area contributed by atoms with E-state index in [2.05, 4.69) is 10.1 Å². The Morgan fingerprint density at radius 1 is 1.46 bits per heavy atom. The fourth-order valence-electron chi connectivity index (χ4n) is 2.79. The molecule has 0 radical (unpaired) electrons. The van der Waals surface area contributed by atoms with Gasteiger partial charge in [0.1, 0.15) is 12.4 Å². The molecule has 1 aliphatic rings. The lowest BCUT2D eigenvalue weighted by atomic mass is 10.1. The Morgan fingerprint density at radius 2 is 2.33 bits per heavy atom. The van der Waals surface area contributed by atoms with E-state index in [4.69, 9.17) is 14.0 Å². The standard InChI is InChI=1S/C17H21N3O4/c1-12-18-16(24-19-12)11-23-15-7-4-8-20(10-15)17(21)13-5-3-6-14(9-13)22-2/h3,5-6,9,15H,4,7-8,10-11H2,1-2H3/t15-/m1/s1. The van der Waals surface area contributed by atoms with Crippen molar-refractivity contribution >= 4 is 5.91 Å². The molecular formula is C17H21N3O4. The van der Waals surface area contributed by atoms with Gasteiger partial charge in [-0.1, -0.05) is 11.2 Å². The summed E-state index contributed by atoms with van der Waals surface area (Å²) in [5.41, 5.74) is 0.627. The molecule has 1 aromatic carbocycles. The quantitative estimate of drug-likeness (QED) is 0.836. The van der Waals surface area contributed by atoms with E-state index in [1.165, 1.54) is 0 Å². The number of carbonyl (C=O) groups is 1. The molecule has 1 aromatic heterocycles. The maximum atomic E-state index is 12.7. The average Bonchev–Trinajstić information content (AvgIpc) is 3.05. The van der Waals surface area contributed by atoms with Crippen molar-refractivity contribution in [3.05, 3.63) is 41.5 Å². The minimum Gasteiger partial charge on any atom is -0.497 e. The van der Waals surface area contributed by atoms with E-state index in [1.54, 1.807) is 26.2 Å². The Labute approximate surface area is 140 Å². The van der Waals surface area contributed by atoms with Gasteiger partial charge < -0.3 is 18.9 Å². The monoisotopic (exact) mass is 331 g/mol. The van der Waals surface area contributed by atoms with Gasteiger partial charge in [-0.15, -0.1) is 0 Å². The summed E-state index contributed by atoms with van der Waals surface area (Å²) in [6.45, 7) is 3.33. The number of nitrogens with zero attached hydrogens (tertiary/aromatic N) is 3. The maximum Gasteiger partial charge on any atom is 0.254 e. The predicted octanol–water partition coefficient (Wildman–Crippen LogP) is 2.21. The van der Waals surface area contributed by atoms with E-state index in [1.807, 2.05) is 17.0 Å². The molecule has 7 nitrogen and oxygen atoms in total. The number of piperidine rings is 1. The molecule has 1 amide bonds. The second kappa shape index (κ2) is 7.44. The molecular weight excluding hydrogens is 310 g/mol.